The van der Waals surface area contributed by atoms with E-state index in [1.165, 1.54) is 0 Å². The molecule has 1 aromatic carbocycles. The molecule has 6 nitrogen and oxygen atoms in total. The molecule has 3 N–H and O–H groups in total. The first-order valence-electron chi connectivity index (χ1n) is 6.55. The van der Waals surface area contributed by atoms with Crippen LogP contribution in [0.3, 0.4) is 0 Å². The molecule has 0 bridgehead atoms. The maximum Gasteiger partial charge on any atom is 0.238 e. The molecule has 1 aromatic rings. The molecule has 2 rings (SSSR count). The van der Waals surface area contributed by atoms with Gasteiger partial charge in [-0.2, -0.15) is 5.26 Å². The van der Waals surface area contributed by atoms with Crippen LogP contribution in [0.2, 0.25) is 0 Å². The lowest BCUT2D eigenvalue weighted by atomic mass is 10.2. The van der Waals surface area contributed by atoms with Crippen molar-refractivity contribution < 1.29 is 9.53 Å². The molecule has 20 heavy (non-hydrogen) atoms. The van der Waals surface area contributed by atoms with Crippen molar-refractivity contribution in [3.05, 3.63) is 29.8 Å². The molecule has 0 radical (unpaired) electrons. The Labute approximate surface area is 118 Å². The van der Waals surface area contributed by atoms with Gasteiger partial charge in [-0.1, -0.05) is 0 Å². The predicted molar refractivity (Wildman–Crippen MR) is 75.0 cm³/mol. The zero-order chi connectivity index (χ0) is 14.4. The molecular formula is C14H18N4O2. The fourth-order valence-corrected chi connectivity index (χ4v) is 2.10. The highest BCUT2D eigenvalue weighted by molar-refractivity contribution is 5.92. The molecule has 1 aliphatic rings. The highest BCUT2D eigenvalue weighted by Gasteiger charge is 2.20. The molecule has 1 atom stereocenters. The quantitative estimate of drug-likeness (QED) is 0.816. The van der Waals surface area contributed by atoms with Gasteiger partial charge >= 0.3 is 0 Å². The summed E-state index contributed by atoms with van der Waals surface area (Å²) < 4.78 is 5.45. The van der Waals surface area contributed by atoms with E-state index >= 15 is 0 Å². The minimum absolute atomic E-state index is 0.00598. The third kappa shape index (κ3) is 4.03. The van der Waals surface area contributed by atoms with Gasteiger partial charge in [-0.25, -0.2) is 0 Å². The van der Waals surface area contributed by atoms with E-state index in [1.807, 2.05) is 11.0 Å². The highest BCUT2D eigenvalue weighted by atomic mass is 16.5. The third-order valence-corrected chi connectivity index (χ3v) is 3.15. The van der Waals surface area contributed by atoms with Gasteiger partial charge in [-0.3, -0.25) is 9.69 Å². The first-order chi connectivity index (χ1) is 9.71. The summed E-state index contributed by atoms with van der Waals surface area (Å²) in [5, 5.41) is 11.5. The van der Waals surface area contributed by atoms with Crippen molar-refractivity contribution in [1.82, 2.24) is 4.90 Å². The van der Waals surface area contributed by atoms with Crippen molar-refractivity contribution in [1.29, 1.82) is 5.26 Å². The Kier molecular flexibility index (Phi) is 5.07. The van der Waals surface area contributed by atoms with E-state index in [2.05, 4.69) is 5.32 Å². The number of nitriles is 1. The van der Waals surface area contributed by atoms with Crippen LogP contribution in [0, 0.1) is 11.3 Å². The number of amides is 1. The fraction of sp³-hybridized carbons (Fsp3) is 0.429. The van der Waals surface area contributed by atoms with Crippen molar-refractivity contribution in [2.45, 2.75) is 6.10 Å². The summed E-state index contributed by atoms with van der Waals surface area (Å²) in [5.41, 5.74) is 6.83. The summed E-state index contributed by atoms with van der Waals surface area (Å²) in [5.74, 6) is -0.0765. The average molecular weight is 274 g/mol. The number of benzene rings is 1. The maximum absolute atomic E-state index is 11.9. The molecule has 1 heterocycles. The molecule has 0 saturated carbocycles. The number of hydrogen-bond acceptors (Lipinski definition) is 5. The molecule has 1 saturated heterocycles. The predicted octanol–water partition coefficient (Wildman–Crippen LogP) is 0.156. The van der Waals surface area contributed by atoms with E-state index < -0.39 is 0 Å². The number of rotatable bonds is 4. The lowest BCUT2D eigenvalue weighted by molar-refractivity contribution is -0.119. The number of carbonyl (C=O) groups is 1. The van der Waals surface area contributed by atoms with Gasteiger partial charge in [0.2, 0.25) is 5.91 Å². The second kappa shape index (κ2) is 7.01. The van der Waals surface area contributed by atoms with Crippen LogP contribution in [-0.4, -0.2) is 49.7 Å². The number of morpholine rings is 1. The van der Waals surface area contributed by atoms with Gasteiger partial charge < -0.3 is 15.8 Å². The topological polar surface area (TPSA) is 91.4 Å². The maximum atomic E-state index is 11.9. The lowest BCUT2D eigenvalue weighted by Gasteiger charge is -2.31. The van der Waals surface area contributed by atoms with E-state index in [9.17, 15) is 4.79 Å². The van der Waals surface area contributed by atoms with Gasteiger partial charge in [-0.05, 0) is 24.3 Å². The number of nitrogens with zero attached hydrogens (tertiary/aromatic N) is 2. The van der Waals surface area contributed by atoms with Crippen molar-refractivity contribution in [3.8, 4) is 6.07 Å². The van der Waals surface area contributed by atoms with E-state index in [-0.39, 0.29) is 12.0 Å². The van der Waals surface area contributed by atoms with E-state index in [4.69, 9.17) is 15.7 Å². The molecule has 0 spiro atoms. The van der Waals surface area contributed by atoms with Crippen LogP contribution in [0.5, 0.6) is 0 Å². The first-order valence-corrected chi connectivity index (χ1v) is 6.55. The second-order valence-electron chi connectivity index (χ2n) is 4.70. The minimum Gasteiger partial charge on any atom is -0.374 e. The normalized spacial score (nSPS) is 19.3. The number of carbonyl (C=O) groups excluding carboxylic acids is 1. The Bertz CT molecular complexity index is 495. The largest absolute Gasteiger partial charge is 0.374 e. The Morgan fingerprint density at radius 1 is 1.50 bits per heavy atom. The zero-order valence-electron chi connectivity index (χ0n) is 11.2. The Balaban J connectivity index is 1.84. The highest BCUT2D eigenvalue weighted by Crippen LogP contribution is 2.09. The summed E-state index contributed by atoms with van der Waals surface area (Å²) in [6.07, 6.45) is 0.00598. The monoisotopic (exact) mass is 274 g/mol. The van der Waals surface area contributed by atoms with E-state index in [0.717, 1.165) is 6.54 Å². The van der Waals surface area contributed by atoms with Crippen LogP contribution in [0.15, 0.2) is 24.3 Å². The number of ether oxygens (including phenoxy) is 1. The van der Waals surface area contributed by atoms with Crippen LogP contribution in [0.25, 0.3) is 0 Å². The van der Waals surface area contributed by atoms with Crippen molar-refractivity contribution in [2.24, 2.45) is 5.73 Å². The van der Waals surface area contributed by atoms with Crippen LogP contribution in [0.1, 0.15) is 5.56 Å². The average Bonchev–Trinajstić information content (AvgIpc) is 2.48. The first kappa shape index (κ1) is 14.5. The van der Waals surface area contributed by atoms with Crippen molar-refractivity contribution in [2.75, 3.05) is 38.1 Å². The van der Waals surface area contributed by atoms with Crippen molar-refractivity contribution in [3.63, 3.8) is 0 Å². The van der Waals surface area contributed by atoms with Crippen LogP contribution in [-0.2, 0) is 9.53 Å². The number of anilines is 1. The molecule has 1 fully saturated rings. The van der Waals surface area contributed by atoms with Crippen LogP contribution in [0.4, 0.5) is 5.69 Å². The number of nitrogens with one attached hydrogen (secondary N) is 1. The molecule has 6 heteroatoms. The zero-order valence-corrected chi connectivity index (χ0v) is 11.2. The Morgan fingerprint density at radius 2 is 2.25 bits per heavy atom. The summed E-state index contributed by atoms with van der Waals surface area (Å²) >= 11 is 0. The molecular weight excluding hydrogens is 256 g/mol. The van der Waals surface area contributed by atoms with Gasteiger partial charge in [0.05, 0.1) is 30.9 Å². The second-order valence-corrected chi connectivity index (χ2v) is 4.70. The molecule has 106 valence electrons. The van der Waals surface area contributed by atoms with Crippen LogP contribution < -0.4 is 11.1 Å². The number of hydrogen-bond donors (Lipinski definition) is 2. The SMILES string of the molecule is N#Cc1ccc(NC(=O)CN2CCOC(CN)C2)cc1. The van der Waals surface area contributed by atoms with E-state index in [0.29, 0.717) is 37.5 Å². The van der Waals surface area contributed by atoms with Gasteiger partial charge in [-0.15, -0.1) is 0 Å². The Hall–Kier alpha value is -1.94. The smallest absolute Gasteiger partial charge is 0.238 e. The van der Waals surface area contributed by atoms with Gasteiger partial charge in [0.25, 0.3) is 0 Å². The molecule has 0 aromatic heterocycles. The van der Waals surface area contributed by atoms with Crippen molar-refractivity contribution >= 4 is 11.6 Å². The summed E-state index contributed by atoms with van der Waals surface area (Å²) in [6.45, 7) is 2.80. The molecule has 1 aliphatic heterocycles. The summed E-state index contributed by atoms with van der Waals surface area (Å²) in [6, 6.07) is 8.83. The van der Waals surface area contributed by atoms with E-state index in [1.54, 1.807) is 24.3 Å². The summed E-state index contributed by atoms with van der Waals surface area (Å²) in [4.78, 5) is 14.0. The lowest BCUT2D eigenvalue weighted by Crippen LogP contribution is -2.48. The Morgan fingerprint density at radius 3 is 2.90 bits per heavy atom. The fourth-order valence-electron chi connectivity index (χ4n) is 2.10. The molecule has 0 aliphatic carbocycles. The van der Waals surface area contributed by atoms with Gasteiger partial charge in [0.1, 0.15) is 0 Å². The van der Waals surface area contributed by atoms with Crippen LogP contribution >= 0.6 is 0 Å². The van der Waals surface area contributed by atoms with Gasteiger partial charge in [0, 0.05) is 25.3 Å². The summed E-state index contributed by atoms with van der Waals surface area (Å²) in [7, 11) is 0. The molecule has 1 amide bonds. The van der Waals surface area contributed by atoms with Gasteiger partial charge in [0.15, 0.2) is 0 Å². The minimum atomic E-state index is -0.0765. The standard InChI is InChI=1S/C14H18N4O2/c15-7-11-1-3-12(4-2-11)17-14(19)10-18-5-6-20-13(8-16)9-18/h1-4,13H,5-6,8-10,16H2,(H,17,19). The number of nitrogens with two attached hydrogens (primary N) is 1. The third-order valence-electron chi connectivity index (χ3n) is 3.15. The molecule has 1 unspecified atom stereocenters.